The van der Waals surface area contributed by atoms with Crippen molar-refractivity contribution >= 4 is 11.9 Å². The van der Waals surface area contributed by atoms with Gasteiger partial charge in [0, 0.05) is 35.0 Å². The largest absolute Gasteiger partial charge is 0.481 e. The lowest BCUT2D eigenvalue weighted by atomic mass is 9.68. The molecule has 2 fully saturated rings. The molecule has 2 unspecified atom stereocenters. The van der Waals surface area contributed by atoms with E-state index in [-0.39, 0.29) is 46.8 Å². The third kappa shape index (κ3) is 9.49. The molecule has 4 N–H and O–H groups in total. The highest BCUT2D eigenvalue weighted by molar-refractivity contribution is 5.67. The number of hydrogen-bond acceptors (Lipinski definition) is 4. The second-order valence-electron chi connectivity index (χ2n) is 14.1. The van der Waals surface area contributed by atoms with Crippen LogP contribution in [0.2, 0.25) is 0 Å². The van der Waals surface area contributed by atoms with Crippen LogP contribution in [0.3, 0.4) is 0 Å². The van der Waals surface area contributed by atoms with Crippen molar-refractivity contribution in [2.45, 2.75) is 142 Å². The lowest BCUT2D eigenvalue weighted by Crippen LogP contribution is -2.58. The lowest BCUT2D eigenvalue weighted by molar-refractivity contribution is -0.140. The van der Waals surface area contributed by atoms with E-state index in [2.05, 4.69) is 66.0 Å². The second kappa shape index (κ2) is 10.9. The molecule has 2 rings (SSSR count). The molecule has 0 spiro atoms. The maximum Gasteiger partial charge on any atom is 0.303 e. The van der Waals surface area contributed by atoms with Gasteiger partial charge in [-0.2, -0.15) is 0 Å². The fourth-order valence-electron chi connectivity index (χ4n) is 7.74. The highest BCUT2D eigenvalue weighted by Crippen LogP contribution is 2.42. The third-order valence-electron chi connectivity index (χ3n) is 8.05. The van der Waals surface area contributed by atoms with Crippen molar-refractivity contribution in [1.29, 1.82) is 0 Å². The predicted octanol–water partition coefficient (Wildman–Crippen LogP) is 5.84. The Labute approximate surface area is 208 Å². The molecule has 0 aromatic carbocycles. The van der Waals surface area contributed by atoms with E-state index >= 15 is 0 Å². The summed E-state index contributed by atoms with van der Waals surface area (Å²) in [6.07, 6.45) is 8.19. The summed E-state index contributed by atoms with van der Waals surface area (Å²) in [6.45, 7) is 17.8. The summed E-state index contributed by atoms with van der Waals surface area (Å²) in [7, 11) is 0. The highest BCUT2D eigenvalue weighted by atomic mass is 16.4. The molecule has 0 radical (unpaired) electrons. The van der Waals surface area contributed by atoms with Crippen molar-refractivity contribution in [3.8, 4) is 0 Å². The molecule has 198 valence electrons. The number of nitrogens with one attached hydrogen (secondary N) is 2. The van der Waals surface area contributed by atoms with Gasteiger partial charge in [0.1, 0.15) is 0 Å². The zero-order valence-corrected chi connectivity index (χ0v) is 23.1. The molecular formula is C28H52N2O4. The molecule has 0 saturated carbocycles. The number of unbranched alkanes of at least 4 members (excludes halogenated alkanes) is 1. The minimum atomic E-state index is -0.706. The molecular weight excluding hydrogens is 428 g/mol. The summed E-state index contributed by atoms with van der Waals surface area (Å²) < 4.78 is 0. The molecule has 2 aliphatic rings. The van der Waals surface area contributed by atoms with Crippen molar-refractivity contribution in [2.75, 3.05) is 0 Å². The molecule has 34 heavy (non-hydrogen) atoms. The van der Waals surface area contributed by atoms with Crippen LogP contribution in [-0.4, -0.2) is 44.3 Å². The van der Waals surface area contributed by atoms with Crippen molar-refractivity contribution in [2.24, 2.45) is 23.7 Å². The number of hydrogen-bond donors (Lipinski definition) is 4. The summed E-state index contributed by atoms with van der Waals surface area (Å²) in [5.41, 5.74) is 0.0174. The highest BCUT2D eigenvalue weighted by Gasteiger charge is 2.42. The first-order chi connectivity index (χ1) is 15.4. The van der Waals surface area contributed by atoms with Crippen molar-refractivity contribution in [3.63, 3.8) is 0 Å². The molecule has 6 nitrogen and oxygen atoms in total. The van der Waals surface area contributed by atoms with Crippen LogP contribution >= 0.6 is 0 Å². The fraction of sp³-hybridized carbons (Fsp3) is 0.929. The smallest absolute Gasteiger partial charge is 0.303 e. The number of piperidine rings is 2. The summed E-state index contributed by atoms with van der Waals surface area (Å²) >= 11 is 0. The maximum atomic E-state index is 11.7. The van der Waals surface area contributed by atoms with E-state index in [1.165, 1.54) is 0 Å². The normalized spacial score (nSPS) is 26.0. The van der Waals surface area contributed by atoms with E-state index in [1.54, 1.807) is 0 Å². The Hall–Kier alpha value is -1.14. The Bertz CT molecular complexity index is 621. The zero-order chi connectivity index (χ0) is 25.9. The van der Waals surface area contributed by atoms with E-state index in [9.17, 15) is 19.8 Å². The third-order valence-corrected chi connectivity index (χ3v) is 8.05. The Morgan fingerprint density at radius 1 is 0.647 bits per heavy atom. The molecule has 2 saturated heterocycles. The van der Waals surface area contributed by atoms with Gasteiger partial charge in [0.15, 0.2) is 0 Å². The molecule has 2 aliphatic heterocycles. The van der Waals surface area contributed by atoms with Gasteiger partial charge < -0.3 is 20.8 Å². The van der Waals surface area contributed by atoms with E-state index in [1.807, 2.05) is 0 Å². The van der Waals surface area contributed by atoms with Gasteiger partial charge in [-0.05, 0) is 118 Å². The van der Waals surface area contributed by atoms with Crippen LogP contribution in [0, 0.1) is 23.7 Å². The van der Waals surface area contributed by atoms with Gasteiger partial charge in [-0.15, -0.1) is 0 Å². The Morgan fingerprint density at radius 3 is 1.15 bits per heavy atom. The van der Waals surface area contributed by atoms with Crippen LogP contribution in [0.5, 0.6) is 0 Å². The van der Waals surface area contributed by atoms with Crippen LogP contribution in [-0.2, 0) is 9.59 Å². The van der Waals surface area contributed by atoms with Crippen molar-refractivity contribution in [1.82, 2.24) is 10.6 Å². The Balaban J connectivity index is 2.01. The number of carbonyl (C=O) groups is 2. The minimum Gasteiger partial charge on any atom is -0.481 e. The number of aliphatic carboxylic acids is 2. The predicted molar refractivity (Wildman–Crippen MR) is 138 cm³/mol. The fourth-order valence-corrected chi connectivity index (χ4v) is 7.74. The van der Waals surface area contributed by atoms with E-state index < -0.39 is 11.9 Å². The molecule has 2 heterocycles. The quantitative estimate of drug-likeness (QED) is 0.277. The van der Waals surface area contributed by atoms with Gasteiger partial charge in [-0.3, -0.25) is 9.59 Å². The summed E-state index contributed by atoms with van der Waals surface area (Å²) in [5.74, 6) is -0.281. The summed E-state index contributed by atoms with van der Waals surface area (Å²) in [5, 5.41) is 26.6. The standard InChI is InChI=1S/C28H52N2O4/c1-25(2)15-21(16-26(3,4)29-25)19(13-23(31)32)11-9-10-12-20(14-24(33)34)22-17-27(5,6)30-28(7,8)18-22/h19-22,29-30H,9-18H2,1-8H3,(H,31,32)(H,33,34). The lowest BCUT2D eigenvalue weighted by Gasteiger charge is -2.49. The Kier molecular flexibility index (Phi) is 9.29. The number of carboxylic acid groups (broad SMARTS) is 2. The molecule has 2 atom stereocenters. The van der Waals surface area contributed by atoms with Crippen LogP contribution in [0.1, 0.15) is 120 Å². The zero-order valence-electron chi connectivity index (χ0n) is 23.1. The first kappa shape index (κ1) is 29.1. The topological polar surface area (TPSA) is 98.7 Å². The van der Waals surface area contributed by atoms with Gasteiger partial charge >= 0.3 is 11.9 Å². The molecule has 0 bridgehead atoms. The average molecular weight is 481 g/mol. The van der Waals surface area contributed by atoms with Crippen molar-refractivity contribution in [3.05, 3.63) is 0 Å². The van der Waals surface area contributed by atoms with Gasteiger partial charge in [-0.25, -0.2) is 0 Å². The van der Waals surface area contributed by atoms with Crippen molar-refractivity contribution < 1.29 is 19.8 Å². The van der Waals surface area contributed by atoms with Crippen LogP contribution in [0.25, 0.3) is 0 Å². The number of carboxylic acids is 2. The van der Waals surface area contributed by atoms with E-state index in [4.69, 9.17) is 0 Å². The van der Waals surface area contributed by atoms with Gasteiger partial charge in [0.2, 0.25) is 0 Å². The monoisotopic (exact) mass is 480 g/mol. The maximum absolute atomic E-state index is 11.7. The second-order valence-corrected chi connectivity index (χ2v) is 14.1. The van der Waals surface area contributed by atoms with Crippen LogP contribution in [0.15, 0.2) is 0 Å². The van der Waals surface area contributed by atoms with Gasteiger partial charge in [0.25, 0.3) is 0 Å². The van der Waals surface area contributed by atoms with Gasteiger partial charge in [-0.1, -0.05) is 12.8 Å². The Morgan fingerprint density at radius 2 is 0.912 bits per heavy atom. The molecule has 6 heteroatoms. The molecule has 0 aromatic heterocycles. The van der Waals surface area contributed by atoms with Gasteiger partial charge in [0.05, 0.1) is 0 Å². The van der Waals surface area contributed by atoms with E-state index in [0.29, 0.717) is 11.8 Å². The minimum absolute atomic E-state index is 0.00434. The molecule has 0 aliphatic carbocycles. The molecule has 0 aromatic rings. The summed E-state index contributed by atoms with van der Waals surface area (Å²) in [6, 6.07) is 0. The average Bonchev–Trinajstić information content (AvgIpc) is 2.57. The van der Waals surface area contributed by atoms with Crippen LogP contribution < -0.4 is 10.6 Å². The SMILES string of the molecule is CC1(C)CC(C(CCCCC(CC(=O)O)C2CC(C)(C)NC(C)(C)C2)CC(=O)O)CC(C)(C)N1. The molecule has 0 amide bonds. The summed E-state index contributed by atoms with van der Waals surface area (Å²) in [4.78, 5) is 23.4. The first-order valence-electron chi connectivity index (χ1n) is 13.4. The van der Waals surface area contributed by atoms with E-state index in [0.717, 1.165) is 51.4 Å². The first-order valence-corrected chi connectivity index (χ1v) is 13.4. The number of rotatable bonds is 11. The van der Waals surface area contributed by atoms with Crippen LogP contribution in [0.4, 0.5) is 0 Å².